The van der Waals surface area contributed by atoms with Crippen LogP contribution in [-0.2, 0) is 4.74 Å². The number of halogens is 2. The predicted octanol–water partition coefficient (Wildman–Crippen LogP) is 15.9. The Morgan fingerprint density at radius 1 is 0.317 bits per heavy atom. The Kier molecular flexibility index (Phi) is 15.4. The van der Waals surface area contributed by atoms with Gasteiger partial charge in [-0.15, -0.1) is 0 Å². The number of nitrogens with two attached hydrogens (primary N) is 1. The van der Waals surface area contributed by atoms with Crippen LogP contribution >= 0.6 is 31.9 Å². The highest BCUT2D eigenvalue weighted by atomic mass is 79.9. The first-order chi connectivity index (χ1) is 39.9. The highest BCUT2D eigenvalue weighted by molar-refractivity contribution is 9.10. The maximum absolute atomic E-state index is 13.0. The van der Waals surface area contributed by atoms with Crippen molar-refractivity contribution in [2.45, 2.75) is 0 Å². The van der Waals surface area contributed by atoms with Crippen LogP contribution in [0.25, 0.3) is 0 Å². The number of esters is 2. The minimum atomic E-state index is -0.550. The molecule has 0 fully saturated rings. The van der Waals surface area contributed by atoms with Crippen molar-refractivity contribution in [3.05, 3.63) is 285 Å². The molecule has 82 heavy (non-hydrogen) atoms. The Hall–Kier alpha value is -10.4. The molecule has 16 heteroatoms. The number of anilines is 8. The third-order valence-corrected chi connectivity index (χ3v) is 14.1. The van der Waals surface area contributed by atoms with Gasteiger partial charge in [-0.05, 0) is 140 Å². The maximum Gasteiger partial charge on any atom is 0.346 e. The Labute approximate surface area is 486 Å². The average molecular weight is 1210 g/mol. The van der Waals surface area contributed by atoms with Crippen LogP contribution in [0, 0.1) is 0 Å². The van der Waals surface area contributed by atoms with Gasteiger partial charge in [0.05, 0.1) is 67.5 Å². The molecule has 0 aliphatic carbocycles. The van der Waals surface area contributed by atoms with E-state index in [-0.39, 0.29) is 23.6 Å². The normalized spacial score (nSPS) is 13.3. The fourth-order valence-corrected chi connectivity index (χ4v) is 10.1. The number of nitrogens with zero attached hydrogens (tertiary/aromatic N) is 3. The van der Waals surface area contributed by atoms with E-state index in [9.17, 15) is 28.8 Å². The fourth-order valence-electron chi connectivity index (χ4n) is 9.34. The minimum absolute atomic E-state index is 0.270. The lowest BCUT2D eigenvalue weighted by Crippen LogP contribution is -2.29. The van der Waals surface area contributed by atoms with Crippen LogP contribution in [0.4, 0.5) is 45.5 Å². The third kappa shape index (κ3) is 11.0. The standard InChI is InChI=1S/C26H16N2O3.C14H8BrNO2.C12H9NO.C8H4O3.C6H6BrN/c29-25-19-10-1-2-11-20(19)26(30)28(25)18-9-7-8-17(16-18)27-21-12-3-5-14-23(21)31-24-15-6-4-13-22(24)27;15-9-4-3-5-10(8-9)16-13(17)11-6-1-2-7-12(11)14(16)18;1-3-7-11-9(5-1)13-10-6-2-4-8-12(10)14-11;9-7-5-3-1-2-4-6(5)8(10)11-7;7-5-2-1-3-6(8)4-5/h1-16H;1-8H;1-8,13H;1-4H;1-4H,8H2. The Morgan fingerprint density at radius 3 is 1.09 bits per heavy atom. The number of nitrogens with one attached hydrogen (secondary N) is 1. The first kappa shape index (κ1) is 53.6. The summed E-state index contributed by atoms with van der Waals surface area (Å²) in [5, 5.41) is 3.32. The molecule has 15 rings (SSSR count). The molecule has 10 aromatic rings. The highest BCUT2D eigenvalue weighted by Crippen LogP contribution is 2.51. The SMILES string of the molecule is Nc1cccc(Br)c1.O=C1OC(=O)c2ccccc21.O=C1c2ccccc2C(=O)N1c1cccc(Br)c1.O=C1c2ccccc2C(=O)N1c1cccc(N2c3ccccc3Oc3ccccc32)c1.c1ccc2c(c1)Nc1ccccc1O2. The van der Waals surface area contributed by atoms with Gasteiger partial charge in [-0.25, -0.2) is 19.4 Å². The number of carbonyl (C=O) groups excluding carboxylic acids is 6. The molecule has 10 aromatic carbocycles. The molecule has 0 aromatic heterocycles. The van der Waals surface area contributed by atoms with Crippen LogP contribution < -0.4 is 35.2 Å². The van der Waals surface area contributed by atoms with Gasteiger partial charge in [0.2, 0.25) is 0 Å². The largest absolute Gasteiger partial charge is 0.453 e. The zero-order valence-electron chi connectivity index (χ0n) is 42.9. The molecule has 0 radical (unpaired) electrons. The van der Waals surface area contributed by atoms with Crippen LogP contribution in [0.3, 0.4) is 0 Å². The number of amides is 4. The third-order valence-electron chi connectivity index (χ3n) is 13.1. The fraction of sp³-hybridized carbons (Fsp3) is 0. The second-order valence-electron chi connectivity index (χ2n) is 18.4. The summed E-state index contributed by atoms with van der Waals surface area (Å²) in [5.74, 6) is 0.997. The number of carbonyl (C=O) groups is 6. The lowest BCUT2D eigenvalue weighted by atomic mass is 10.1. The number of imide groups is 2. The van der Waals surface area contributed by atoms with E-state index < -0.39 is 11.9 Å². The van der Waals surface area contributed by atoms with Crippen molar-refractivity contribution in [2.24, 2.45) is 0 Å². The molecular weight excluding hydrogens is 1170 g/mol. The average Bonchev–Trinajstić information content (AvgIpc) is 4.05. The molecule has 0 atom stereocenters. The number of rotatable bonds is 3. The first-order valence-electron chi connectivity index (χ1n) is 25.4. The molecule has 400 valence electrons. The number of hydrogen-bond acceptors (Lipinski definition) is 12. The number of cyclic esters (lactones) is 2. The quantitative estimate of drug-likeness (QED) is 0.0741. The van der Waals surface area contributed by atoms with Gasteiger partial charge >= 0.3 is 11.9 Å². The van der Waals surface area contributed by atoms with Crippen LogP contribution in [0.1, 0.15) is 62.1 Å². The van der Waals surface area contributed by atoms with Gasteiger partial charge < -0.3 is 30.2 Å². The van der Waals surface area contributed by atoms with Gasteiger partial charge in [-0.3, -0.25) is 19.2 Å². The van der Waals surface area contributed by atoms with E-state index in [1.807, 2.05) is 146 Å². The number of hydrogen-bond donors (Lipinski definition) is 2. The van der Waals surface area contributed by atoms with E-state index in [1.165, 1.54) is 9.80 Å². The molecule has 5 aliphatic rings. The molecule has 0 saturated carbocycles. The first-order valence-corrected chi connectivity index (χ1v) is 27.0. The monoisotopic (exact) mass is 1210 g/mol. The van der Waals surface area contributed by atoms with Gasteiger partial charge in [-0.2, -0.15) is 0 Å². The van der Waals surface area contributed by atoms with Crippen LogP contribution in [-0.4, -0.2) is 35.6 Å². The van der Waals surface area contributed by atoms with Gasteiger partial charge in [0.1, 0.15) is 0 Å². The summed E-state index contributed by atoms with van der Waals surface area (Å²) in [5.41, 5.74) is 14.5. The van der Waals surface area contributed by atoms with E-state index >= 15 is 0 Å². The second-order valence-corrected chi connectivity index (χ2v) is 20.2. The number of ether oxygens (including phenoxy) is 3. The van der Waals surface area contributed by atoms with Gasteiger partial charge in [0.15, 0.2) is 23.0 Å². The van der Waals surface area contributed by atoms with Gasteiger partial charge in [-0.1, -0.05) is 135 Å². The topological polar surface area (TPSA) is 178 Å². The molecule has 0 saturated heterocycles. The van der Waals surface area contributed by atoms with E-state index in [4.69, 9.17) is 15.2 Å². The summed E-state index contributed by atoms with van der Waals surface area (Å²) in [6.45, 7) is 0. The Balaban J connectivity index is 0.000000117. The van der Waals surface area contributed by atoms with E-state index in [2.05, 4.69) is 46.8 Å². The molecule has 5 aliphatic heterocycles. The van der Waals surface area contributed by atoms with Gasteiger partial charge in [0.25, 0.3) is 23.6 Å². The van der Waals surface area contributed by atoms with Crippen LogP contribution in [0.5, 0.6) is 23.0 Å². The number of fused-ring (bicyclic) bond motifs is 7. The summed E-state index contributed by atoms with van der Waals surface area (Å²) in [7, 11) is 0. The van der Waals surface area contributed by atoms with Crippen LogP contribution in [0.2, 0.25) is 0 Å². The summed E-state index contributed by atoms with van der Waals surface area (Å²) in [4.78, 5) is 76.5. The maximum atomic E-state index is 13.0. The van der Waals surface area contributed by atoms with Crippen LogP contribution in [0.15, 0.2) is 252 Å². The highest BCUT2D eigenvalue weighted by Gasteiger charge is 2.38. The molecule has 0 bridgehead atoms. The van der Waals surface area contributed by atoms with Crippen molar-refractivity contribution in [2.75, 3.05) is 25.8 Å². The number of para-hydroxylation sites is 8. The van der Waals surface area contributed by atoms with Crippen molar-refractivity contribution < 1.29 is 43.0 Å². The lowest BCUT2D eigenvalue weighted by molar-refractivity contribution is 0.0442. The molecule has 0 unspecified atom stereocenters. The number of nitrogen functional groups attached to an aromatic ring is 1. The zero-order chi connectivity index (χ0) is 56.9. The zero-order valence-corrected chi connectivity index (χ0v) is 46.1. The predicted molar refractivity (Wildman–Crippen MR) is 321 cm³/mol. The van der Waals surface area contributed by atoms with Crippen molar-refractivity contribution in [3.8, 4) is 23.0 Å². The molecule has 5 heterocycles. The van der Waals surface area contributed by atoms with Gasteiger partial charge in [0, 0.05) is 20.3 Å². The van der Waals surface area contributed by atoms with Crippen molar-refractivity contribution in [1.29, 1.82) is 0 Å². The Morgan fingerprint density at radius 2 is 0.659 bits per heavy atom. The van der Waals surface area contributed by atoms with E-state index in [0.717, 1.165) is 66.1 Å². The van der Waals surface area contributed by atoms with Crippen molar-refractivity contribution in [3.63, 3.8) is 0 Å². The summed E-state index contributed by atoms with van der Waals surface area (Å²) in [6, 6.07) is 73.9. The summed E-state index contributed by atoms with van der Waals surface area (Å²) in [6.07, 6.45) is 0. The molecule has 3 N–H and O–H groups in total. The smallest absolute Gasteiger partial charge is 0.346 e. The summed E-state index contributed by atoms with van der Waals surface area (Å²) >= 11 is 6.62. The molecule has 0 spiro atoms. The number of benzene rings is 10. The lowest BCUT2D eigenvalue weighted by Gasteiger charge is -2.33. The Bertz CT molecular complexity index is 3940. The summed E-state index contributed by atoms with van der Waals surface area (Å²) < 4.78 is 18.0. The van der Waals surface area contributed by atoms with Crippen molar-refractivity contribution in [1.82, 2.24) is 0 Å². The van der Waals surface area contributed by atoms with Crippen molar-refractivity contribution >= 4 is 113 Å². The minimum Gasteiger partial charge on any atom is -0.453 e. The molecule has 14 nitrogen and oxygen atoms in total. The van der Waals surface area contributed by atoms with E-state index in [1.54, 1.807) is 97.1 Å². The molecular formula is C66H43Br2N5O9. The van der Waals surface area contributed by atoms with E-state index in [0.29, 0.717) is 44.8 Å². The molecule has 4 amide bonds. The second kappa shape index (κ2) is 23.5.